The first-order valence-electron chi connectivity index (χ1n) is 16.7. The summed E-state index contributed by atoms with van der Waals surface area (Å²) in [6, 6.07) is 67.0. The van der Waals surface area contributed by atoms with E-state index in [1.54, 1.807) is 0 Å². The summed E-state index contributed by atoms with van der Waals surface area (Å²) in [4.78, 5) is 0. The van der Waals surface area contributed by atoms with Gasteiger partial charge in [-0.25, -0.2) is 0 Å². The van der Waals surface area contributed by atoms with Crippen molar-refractivity contribution in [3.8, 4) is 33.4 Å². The highest BCUT2D eigenvalue weighted by molar-refractivity contribution is 6.39. The molecule has 0 fully saturated rings. The monoisotopic (exact) mass is 606 g/mol. The summed E-state index contributed by atoms with van der Waals surface area (Å²) in [6.07, 6.45) is 0. The van der Waals surface area contributed by atoms with Gasteiger partial charge in [0.1, 0.15) is 0 Å². The summed E-state index contributed by atoms with van der Waals surface area (Å²) in [5.74, 6) is 0. The van der Waals surface area contributed by atoms with Gasteiger partial charge >= 0.3 is 0 Å². The van der Waals surface area contributed by atoms with Crippen molar-refractivity contribution >= 4 is 64.6 Å². The summed E-state index contributed by atoms with van der Waals surface area (Å²) in [5, 5.41) is 15.5. The predicted molar refractivity (Wildman–Crippen MR) is 208 cm³/mol. The van der Waals surface area contributed by atoms with Gasteiger partial charge in [-0.05, 0) is 110 Å². The Kier molecular flexibility index (Phi) is 5.98. The molecule has 0 heteroatoms. The Bertz CT molecular complexity index is 2870. The lowest BCUT2D eigenvalue weighted by molar-refractivity contribution is 1.62. The van der Waals surface area contributed by atoms with Gasteiger partial charge in [-0.15, -0.1) is 0 Å². The SMILES string of the molecule is c1ccc(-c2ccc3c4ccc(-c5ccccc5-c5cccc6ccccc56)cc4c4c5ccccc5c5ccccc5c4c3c2)cc1. The molecule has 0 unspecified atom stereocenters. The maximum Gasteiger partial charge on any atom is -0.00137 e. The van der Waals surface area contributed by atoms with E-state index in [0.717, 1.165) is 0 Å². The van der Waals surface area contributed by atoms with Gasteiger partial charge in [-0.1, -0.05) is 170 Å². The van der Waals surface area contributed by atoms with Gasteiger partial charge in [-0.2, -0.15) is 0 Å². The quantitative estimate of drug-likeness (QED) is 0.176. The molecule has 0 atom stereocenters. The largest absolute Gasteiger partial charge is 0.0622 e. The van der Waals surface area contributed by atoms with E-state index >= 15 is 0 Å². The molecule has 48 heavy (non-hydrogen) atoms. The zero-order valence-electron chi connectivity index (χ0n) is 26.3. The smallest absolute Gasteiger partial charge is 0.00137 e. The van der Waals surface area contributed by atoms with Crippen LogP contribution in [0.3, 0.4) is 0 Å². The minimum absolute atomic E-state index is 1.23. The molecule has 0 N–H and O–H groups in total. The topological polar surface area (TPSA) is 0 Å². The number of rotatable bonds is 3. The van der Waals surface area contributed by atoms with Gasteiger partial charge in [0.2, 0.25) is 0 Å². The maximum absolute atomic E-state index is 2.45. The van der Waals surface area contributed by atoms with Gasteiger partial charge in [0.15, 0.2) is 0 Å². The van der Waals surface area contributed by atoms with Crippen LogP contribution < -0.4 is 0 Å². The summed E-state index contributed by atoms with van der Waals surface area (Å²) in [6.45, 7) is 0. The third kappa shape index (κ3) is 4.03. The van der Waals surface area contributed by atoms with Crippen molar-refractivity contribution in [1.82, 2.24) is 0 Å². The highest BCUT2D eigenvalue weighted by Crippen LogP contribution is 2.46. The van der Waals surface area contributed by atoms with Crippen molar-refractivity contribution in [2.45, 2.75) is 0 Å². The van der Waals surface area contributed by atoms with Crippen LogP contribution in [0.25, 0.3) is 98.0 Å². The predicted octanol–water partition coefficient (Wildman–Crippen LogP) is 13.6. The second-order valence-corrected chi connectivity index (χ2v) is 12.8. The lowest BCUT2D eigenvalue weighted by Gasteiger charge is -2.18. The average Bonchev–Trinajstić information content (AvgIpc) is 3.17. The third-order valence-electron chi connectivity index (χ3n) is 10.2. The Labute approximate surface area is 279 Å². The molecule has 0 spiro atoms. The first-order chi connectivity index (χ1) is 23.8. The lowest BCUT2D eigenvalue weighted by atomic mass is 9.85. The molecule has 0 saturated heterocycles. The molecule has 0 aromatic heterocycles. The van der Waals surface area contributed by atoms with Gasteiger partial charge in [0, 0.05) is 0 Å². The van der Waals surface area contributed by atoms with Crippen LogP contribution in [0.4, 0.5) is 0 Å². The Hall–Kier alpha value is -6.24. The fourth-order valence-corrected chi connectivity index (χ4v) is 8.08. The molecule has 10 aromatic carbocycles. The molecule has 0 aliphatic carbocycles. The minimum atomic E-state index is 1.23. The minimum Gasteiger partial charge on any atom is -0.0622 e. The molecule has 0 saturated carbocycles. The van der Waals surface area contributed by atoms with E-state index in [2.05, 4.69) is 182 Å². The Morgan fingerprint density at radius 2 is 0.667 bits per heavy atom. The molecule has 0 amide bonds. The number of hydrogen-bond donors (Lipinski definition) is 0. The van der Waals surface area contributed by atoms with Crippen LogP contribution in [0.15, 0.2) is 182 Å². The molecular weight excluding hydrogens is 577 g/mol. The molecule has 0 bridgehead atoms. The van der Waals surface area contributed by atoms with Gasteiger partial charge in [0.05, 0.1) is 0 Å². The summed E-state index contributed by atoms with van der Waals surface area (Å²) in [5.41, 5.74) is 7.46. The van der Waals surface area contributed by atoms with Crippen LogP contribution in [-0.2, 0) is 0 Å². The fourth-order valence-electron chi connectivity index (χ4n) is 8.08. The highest BCUT2D eigenvalue weighted by Gasteiger charge is 2.18. The van der Waals surface area contributed by atoms with E-state index in [-0.39, 0.29) is 0 Å². The van der Waals surface area contributed by atoms with Crippen LogP contribution in [0.2, 0.25) is 0 Å². The Morgan fingerprint density at radius 3 is 1.35 bits per heavy atom. The van der Waals surface area contributed by atoms with Crippen molar-refractivity contribution in [2.75, 3.05) is 0 Å². The number of benzene rings is 10. The van der Waals surface area contributed by atoms with E-state index in [1.807, 2.05) is 0 Å². The van der Waals surface area contributed by atoms with E-state index in [9.17, 15) is 0 Å². The Balaban J connectivity index is 1.35. The van der Waals surface area contributed by atoms with Gasteiger partial charge in [-0.3, -0.25) is 0 Å². The third-order valence-corrected chi connectivity index (χ3v) is 10.2. The van der Waals surface area contributed by atoms with Crippen LogP contribution in [0, 0.1) is 0 Å². The average molecular weight is 607 g/mol. The first-order valence-corrected chi connectivity index (χ1v) is 16.7. The van der Waals surface area contributed by atoms with Crippen LogP contribution in [-0.4, -0.2) is 0 Å². The normalized spacial score (nSPS) is 11.8. The summed E-state index contributed by atoms with van der Waals surface area (Å²) in [7, 11) is 0. The molecule has 0 heterocycles. The zero-order chi connectivity index (χ0) is 31.6. The second kappa shape index (κ2) is 10.7. The summed E-state index contributed by atoms with van der Waals surface area (Å²) >= 11 is 0. The molecule has 0 aliphatic heterocycles. The van der Waals surface area contributed by atoms with Crippen molar-refractivity contribution in [3.05, 3.63) is 182 Å². The highest BCUT2D eigenvalue weighted by atomic mass is 14.2. The molecule has 0 nitrogen and oxygen atoms in total. The van der Waals surface area contributed by atoms with Crippen molar-refractivity contribution in [2.24, 2.45) is 0 Å². The number of hydrogen-bond acceptors (Lipinski definition) is 0. The zero-order valence-corrected chi connectivity index (χ0v) is 26.3. The standard InChI is InChI=1S/C48H30/c1-2-13-31(14-3-1)33-25-27-41-42-28-26-34(36-18-6-7-19-37(36)38-24-12-16-32-15-4-5-17-35(32)38)30-46(42)48-44-23-11-9-21-40(44)39-20-8-10-22-43(39)47(48)45(41)29-33/h1-30H. The molecule has 0 radical (unpaired) electrons. The Morgan fingerprint density at radius 1 is 0.208 bits per heavy atom. The van der Waals surface area contributed by atoms with Crippen LogP contribution in [0.1, 0.15) is 0 Å². The second-order valence-electron chi connectivity index (χ2n) is 12.8. The molecule has 222 valence electrons. The molecular formula is C48H30. The molecule has 0 aliphatic rings. The van der Waals surface area contributed by atoms with E-state index in [4.69, 9.17) is 0 Å². The first kappa shape index (κ1) is 26.9. The fraction of sp³-hybridized carbons (Fsp3) is 0. The molecule has 10 aromatic rings. The van der Waals surface area contributed by atoms with Crippen molar-refractivity contribution in [3.63, 3.8) is 0 Å². The van der Waals surface area contributed by atoms with E-state index in [1.165, 1.54) is 98.0 Å². The van der Waals surface area contributed by atoms with E-state index in [0.29, 0.717) is 0 Å². The van der Waals surface area contributed by atoms with E-state index < -0.39 is 0 Å². The van der Waals surface area contributed by atoms with Crippen molar-refractivity contribution < 1.29 is 0 Å². The lowest BCUT2D eigenvalue weighted by Crippen LogP contribution is -1.91. The van der Waals surface area contributed by atoms with Gasteiger partial charge < -0.3 is 0 Å². The summed E-state index contributed by atoms with van der Waals surface area (Å²) < 4.78 is 0. The molecule has 10 rings (SSSR count). The van der Waals surface area contributed by atoms with Crippen LogP contribution in [0.5, 0.6) is 0 Å². The van der Waals surface area contributed by atoms with Crippen molar-refractivity contribution in [1.29, 1.82) is 0 Å². The maximum atomic E-state index is 2.45. The van der Waals surface area contributed by atoms with Crippen LogP contribution >= 0.6 is 0 Å². The number of fused-ring (bicyclic) bond motifs is 12. The van der Waals surface area contributed by atoms with Gasteiger partial charge in [0.25, 0.3) is 0 Å².